The van der Waals surface area contributed by atoms with Crippen LogP contribution in [0.3, 0.4) is 0 Å². The molecule has 2 aromatic heterocycles. The molecule has 1 aliphatic rings. The summed E-state index contributed by atoms with van der Waals surface area (Å²) in [5, 5.41) is 4.89. The summed E-state index contributed by atoms with van der Waals surface area (Å²) in [6.07, 6.45) is 0. The molecule has 0 amide bonds. The van der Waals surface area contributed by atoms with Crippen LogP contribution < -0.4 is 4.90 Å². The van der Waals surface area contributed by atoms with Crippen LogP contribution >= 0.6 is 11.3 Å². The predicted octanol–water partition coefficient (Wildman–Crippen LogP) is 18.8. The van der Waals surface area contributed by atoms with Crippen LogP contribution in [0.5, 0.6) is 0 Å². The Kier molecular flexibility index (Phi) is 9.33. The zero-order valence-corrected chi connectivity index (χ0v) is 38.9. The van der Waals surface area contributed by atoms with Gasteiger partial charge in [0.15, 0.2) is 0 Å². The van der Waals surface area contributed by atoms with Crippen LogP contribution in [0.25, 0.3) is 86.6 Å². The first-order chi connectivity index (χ1) is 34.7. The van der Waals surface area contributed by atoms with Crippen LogP contribution in [0.4, 0.5) is 17.1 Å². The van der Waals surface area contributed by atoms with Gasteiger partial charge in [-0.05, 0) is 140 Å². The van der Waals surface area contributed by atoms with Crippen molar-refractivity contribution in [3.8, 4) is 44.5 Å². The zero-order valence-electron chi connectivity index (χ0n) is 38.1. The minimum absolute atomic E-state index is 0.472. The summed E-state index contributed by atoms with van der Waals surface area (Å²) < 4.78 is 8.75. The van der Waals surface area contributed by atoms with Gasteiger partial charge in [0.05, 0.1) is 5.41 Å². The molecule has 3 heteroatoms. The molecule has 0 saturated heterocycles. The van der Waals surface area contributed by atoms with Crippen molar-refractivity contribution in [2.24, 2.45) is 0 Å². The fourth-order valence-corrected chi connectivity index (χ4v) is 12.4. The van der Waals surface area contributed by atoms with Crippen LogP contribution in [-0.4, -0.2) is 0 Å². The molecule has 1 aliphatic carbocycles. The normalized spacial score (nSPS) is 12.7. The summed E-state index contributed by atoms with van der Waals surface area (Å²) in [7, 11) is 0. The highest BCUT2D eigenvalue weighted by atomic mass is 32.1. The summed E-state index contributed by atoms with van der Waals surface area (Å²) >= 11 is 1.86. The second kappa shape index (κ2) is 16.2. The molecule has 70 heavy (non-hydrogen) atoms. The Morgan fingerprint density at radius 1 is 0.300 bits per heavy atom. The quantitative estimate of drug-likeness (QED) is 0.151. The number of hydrogen-bond donors (Lipinski definition) is 0. The lowest BCUT2D eigenvalue weighted by atomic mass is 9.68. The van der Waals surface area contributed by atoms with Gasteiger partial charge in [-0.3, -0.25) is 0 Å². The van der Waals surface area contributed by atoms with E-state index < -0.39 is 5.41 Å². The van der Waals surface area contributed by atoms with Crippen molar-refractivity contribution in [3.63, 3.8) is 0 Å². The first kappa shape index (κ1) is 40.3. The van der Waals surface area contributed by atoms with Gasteiger partial charge in [-0.25, -0.2) is 0 Å². The van der Waals surface area contributed by atoms with Gasteiger partial charge in [0.25, 0.3) is 0 Å². The first-order valence-electron chi connectivity index (χ1n) is 24.0. The summed E-state index contributed by atoms with van der Waals surface area (Å²) in [5.74, 6) is 0. The number of fused-ring (bicyclic) bond motifs is 9. The molecule has 2 nitrogen and oxygen atoms in total. The van der Waals surface area contributed by atoms with Crippen molar-refractivity contribution in [2.45, 2.75) is 5.41 Å². The molecule has 11 aromatic carbocycles. The lowest BCUT2D eigenvalue weighted by molar-refractivity contribution is 0.669. The standard InChI is InChI=1S/C67H43NOS/c1-3-15-50(16-4-1)67(51-17-5-2-6-18-51)61-23-10-7-20-55(61)58-43-54(36-37-62(58)67)68(53-19-13-14-47(40-53)49-33-39-66-60(42-49)57-22-9-12-25-65(57)70-66)52-34-30-45(31-35-52)44-26-28-46(29-27-44)48-32-38-64-59(41-48)56-21-8-11-24-63(56)69-64/h1-43H. The Hall–Kier alpha value is -8.76. The number of hydrogen-bond acceptors (Lipinski definition) is 3. The zero-order chi connectivity index (χ0) is 46.2. The van der Waals surface area contributed by atoms with Gasteiger partial charge in [0.1, 0.15) is 11.2 Å². The Morgan fingerprint density at radius 2 is 0.829 bits per heavy atom. The van der Waals surface area contributed by atoms with Gasteiger partial charge < -0.3 is 9.32 Å². The molecule has 0 saturated carbocycles. The molecular formula is C67H43NOS. The van der Waals surface area contributed by atoms with Crippen LogP contribution in [0.15, 0.2) is 265 Å². The van der Waals surface area contributed by atoms with Crippen molar-refractivity contribution in [3.05, 3.63) is 283 Å². The van der Waals surface area contributed by atoms with Gasteiger partial charge in [0, 0.05) is 48.0 Å². The van der Waals surface area contributed by atoms with Crippen LogP contribution in [0, 0.1) is 0 Å². The molecule has 0 spiro atoms. The maximum atomic E-state index is 6.13. The van der Waals surface area contributed by atoms with E-state index in [1.807, 2.05) is 23.5 Å². The van der Waals surface area contributed by atoms with Gasteiger partial charge in [-0.1, -0.05) is 188 Å². The van der Waals surface area contributed by atoms with Crippen LogP contribution in [-0.2, 0) is 5.41 Å². The summed E-state index contributed by atoms with van der Waals surface area (Å²) in [4.78, 5) is 2.43. The summed E-state index contributed by atoms with van der Waals surface area (Å²) in [6, 6.07) is 95.7. The third kappa shape index (κ3) is 6.40. The van der Waals surface area contributed by atoms with Crippen molar-refractivity contribution in [1.29, 1.82) is 0 Å². The van der Waals surface area contributed by atoms with E-state index in [2.05, 4.69) is 254 Å². The SMILES string of the molecule is c1ccc(C2(c3ccccc3)c3ccccc3-c3cc(N(c4ccc(-c5ccc(-c6ccc7oc8ccccc8c7c6)cc5)cc4)c4cccc(-c5ccc6sc7ccccc7c6c5)c4)ccc32)cc1. The highest BCUT2D eigenvalue weighted by Gasteiger charge is 2.46. The van der Waals surface area contributed by atoms with Crippen LogP contribution in [0.2, 0.25) is 0 Å². The molecule has 0 aliphatic heterocycles. The monoisotopic (exact) mass is 909 g/mol. The maximum absolute atomic E-state index is 6.13. The van der Waals surface area contributed by atoms with E-state index in [9.17, 15) is 0 Å². The largest absolute Gasteiger partial charge is 0.456 e. The highest BCUT2D eigenvalue weighted by Crippen LogP contribution is 2.57. The Labute approximate surface area is 410 Å². The van der Waals surface area contributed by atoms with Gasteiger partial charge in [-0.2, -0.15) is 0 Å². The highest BCUT2D eigenvalue weighted by molar-refractivity contribution is 7.25. The molecule has 0 fully saturated rings. The molecule has 14 rings (SSSR count). The number of anilines is 3. The fourth-order valence-electron chi connectivity index (χ4n) is 11.3. The Bertz CT molecular complexity index is 4070. The summed E-state index contributed by atoms with van der Waals surface area (Å²) in [6.45, 7) is 0. The minimum Gasteiger partial charge on any atom is -0.456 e. The van der Waals surface area contributed by atoms with Gasteiger partial charge in [0.2, 0.25) is 0 Å². The van der Waals surface area contributed by atoms with Gasteiger partial charge >= 0.3 is 0 Å². The number of thiophene rings is 1. The molecule has 0 N–H and O–H groups in total. The fraction of sp³-hybridized carbons (Fsp3) is 0.0149. The average molecular weight is 910 g/mol. The molecule has 0 bridgehead atoms. The molecule has 13 aromatic rings. The molecule has 0 unspecified atom stereocenters. The molecule has 0 radical (unpaired) electrons. The van der Waals surface area contributed by atoms with E-state index >= 15 is 0 Å². The topological polar surface area (TPSA) is 16.4 Å². The molecule has 0 atom stereocenters. The first-order valence-corrected chi connectivity index (χ1v) is 24.8. The second-order valence-corrected chi connectivity index (χ2v) is 19.5. The smallest absolute Gasteiger partial charge is 0.135 e. The number of nitrogens with zero attached hydrogens (tertiary/aromatic N) is 1. The minimum atomic E-state index is -0.472. The van der Waals surface area contributed by atoms with E-state index in [4.69, 9.17) is 4.42 Å². The average Bonchev–Trinajstić information content (AvgIpc) is 4.10. The lowest BCUT2D eigenvalue weighted by Gasteiger charge is -2.34. The van der Waals surface area contributed by atoms with E-state index in [1.165, 1.54) is 81.4 Å². The van der Waals surface area contributed by atoms with Crippen molar-refractivity contribution < 1.29 is 4.42 Å². The number of furan rings is 1. The van der Waals surface area contributed by atoms with Crippen molar-refractivity contribution in [2.75, 3.05) is 4.90 Å². The number of benzene rings is 11. The maximum Gasteiger partial charge on any atom is 0.135 e. The van der Waals surface area contributed by atoms with E-state index in [0.29, 0.717) is 0 Å². The van der Waals surface area contributed by atoms with Crippen LogP contribution in [0.1, 0.15) is 22.3 Å². The predicted molar refractivity (Wildman–Crippen MR) is 295 cm³/mol. The summed E-state index contributed by atoms with van der Waals surface area (Å²) in [5.41, 5.74) is 19.3. The third-order valence-electron chi connectivity index (χ3n) is 14.6. The van der Waals surface area contributed by atoms with Crippen molar-refractivity contribution >= 4 is 70.5 Å². The number of rotatable bonds is 8. The van der Waals surface area contributed by atoms with Crippen molar-refractivity contribution in [1.82, 2.24) is 0 Å². The lowest BCUT2D eigenvalue weighted by Crippen LogP contribution is -2.28. The number of para-hydroxylation sites is 1. The van der Waals surface area contributed by atoms with Gasteiger partial charge in [-0.15, -0.1) is 11.3 Å². The van der Waals surface area contributed by atoms with E-state index in [0.717, 1.165) is 44.6 Å². The molecule has 328 valence electrons. The third-order valence-corrected chi connectivity index (χ3v) is 15.7. The van der Waals surface area contributed by atoms with E-state index in [-0.39, 0.29) is 0 Å². The molecule has 2 heterocycles. The van der Waals surface area contributed by atoms with E-state index in [1.54, 1.807) is 0 Å². The Morgan fingerprint density at radius 3 is 1.61 bits per heavy atom. The Balaban J connectivity index is 0.887. The molecular weight excluding hydrogens is 867 g/mol. The second-order valence-electron chi connectivity index (χ2n) is 18.4.